The highest BCUT2D eigenvalue weighted by atomic mass is 35.5. The predicted octanol–water partition coefficient (Wildman–Crippen LogP) is 2.42. The van der Waals surface area contributed by atoms with Gasteiger partial charge in [-0.25, -0.2) is 0 Å². The molecule has 1 fully saturated rings. The summed E-state index contributed by atoms with van der Waals surface area (Å²) < 4.78 is 0. The lowest BCUT2D eigenvalue weighted by atomic mass is 10.0. The van der Waals surface area contributed by atoms with Crippen LogP contribution in [0.1, 0.15) is 17.9 Å². The van der Waals surface area contributed by atoms with Crippen LogP contribution < -0.4 is 5.73 Å². The minimum absolute atomic E-state index is 0.123. The molecule has 2 nitrogen and oxygen atoms in total. The summed E-state index contributed by atoms with van der Waals surface area (Å²) in [6.07, 6.45) is 0.913. The van der Waals surface area contributed by atoms with E-state index in [9.17, 15) is 5.11 Å². The first kappa shape index (κ1) is 11.2. The van der Waals surface area contributed by atoms with Gasteiger partial charge < -0.3 is 10.8 Å². The molecule has 15 heavy (non-hydrogen) atoms. The van der Waals surface area contributed by atoms with E-state index in [2.05, 4.69) is 0 Å². The maximum Gasteiger partial charge on any atom is 0.0505 e. The highest BCUT2D eigenvalue weighted by Crippen LogP contribution is 2.58. The molecule has 0 spiro atoms. The molecule has 0 saturated heterocycles. The highest BCUT2D eigenvalue weighted by molar-refractivity contribution is 6.34. The molecule has 0 aromatic heterocycles. The van der Waals surface area contributed by atoms with E-state index in [-0.39, 0.29) is 12.0 Å². The summed E-state index contributed by atoms with van der Waals surface area (Å²) >= 11 is 11.8. The number of hydrogen-bond acceptors (Lipinski definition) is 2. The number of nitrogens with two attached hydrogens (primary N) is 1. The topological polar surface area (TPSA) is 46.2 Å². The van der Waals surface area contributed by atoms with Crippen molar-refractivity contribution < 1.29 is 5.11 Å². The fraction of sp³-hybridized carbons (Fsp3) is 0.455. The van der Waals surface area contributed by atoms with Gasteiger partial charge in [0.2, 0.25) is 0 Å². The average molecular weight is 246 g/mol. The van der Waals surface area contributed by atoms with E-state index in [0.29, 0.717) is 22.5 Å². The van der Waals surface area contributed by atoms with E-state index in [0.717, 1.165) is 12.0 Å². The van der Waals surface area contributed by atoms with Crippen molar-refractivity contribution in [2.45, 2.75) is 12.3 Å². The van der Waals surface area contributed by atoms with Crippen LogP contribution in [-0.4, -0.2) is 18.3 Å². The van der Waals surface area contributed by atoms with Gasteiger partial charge in [-0.15, -0.1) is 0 Å². The van der Waals surface area contributed by atoms with Crippen LogP contribution in [0.25, 0.3) is 0 Å². The number of halogens is 2. The van der Waals surface area contributed by atoms with Crippen LogP contribution in [-0.2, 0) is 0 Å². The number of aliphatic hydroxyl groups is 1. The van der Waals surface area contributed by atoms with Crippen LogP contribution in [0.3, 0.4) is 0 Å². The number of benzene rings is 1. The lowest BCUT2D eigenvalue weighted by Gasteiger charge is -2.11. The summed E-state index contributed by atoms with van der Waals surface area (Å²) in [5, 5.41) is 10.5. The van der Waals surface area contributed by atoms with Crippen LogP contribution in [0.2, 0.25) is 10.0 Å². The second kappa shape index (κ2) is 3.95. The van der Waals surface area contributed by atoms with Crippen LogP contribution in [0.4, 0.5) is 0 Å². The van der Waals surface area contributed by atoms with Crippen LogP contribution in [0.15, 0.2) is 18.2 Å². The van der Waals surface area contributed by atoms with Crippen molar-refractivity contribution in [2.75, 3.05) is 13.2 Å². The molecule has 0 amide bonds. The van der Waals surface area contributed by atoms with Gasteiger partial charge in [0.25, 0.3) is 0 Å². The molecule has 2 rings (SSSR count). The van der Waals surface area contributed by atoms with Crippen molar-refractivity contribution in [1.82, 2.24) is 0 Å². The Bertz CT molecular complexity index is 357. The minimum Gasteiger partial charge on any atom is -0.396 e. The summed E-state index contributed by atoms with van der Waals surface area (Å²) in [5.41, 5.74) is 6.59. The Morgan fingerprint density at radius 2 is 1.93 bits per heavy atom. The third-order valence-corrected chi connectivity index (χ3v) is 3.63. The molecule has 4 heteroatoms. The minimum atomic E-state index is -0.145. The van der Waals surface area contributed by atoms with Crippen LogP contribution in [0.5, 0.6) is 0 Å². The fourth-order valence-corrected chi connectivity index (χ4v) is 2.60. The first-order valence-electron chi connectivity index (χ1n) is 4.88. The average Bonchev–Trinajstić information content (AvgIpc) is 2.91. The second-order valence-corrected chi connectivity index (χ2v) is 5.06. The first-order valence-corrected chi connectivity index (χ1v) is 5.64. The molecule has 0 aliphatic heterocycles. The third kappa shape index (κ3) is 2.00. The standard InChI is InChI=1S/C11H13Cl2NO/c12-8-1-7(2-9(13)3-8)10-4-11(10,5-14)6-15/h1-3,10,15H,4-6,14H2/t10-,11+/m0/s1. The molecular formula is C11H13Cl2NO. The van der Waals surface area contributed by atoms with E-state index in [1.807, 2.05) is 12.1 Å². The lowest BCUT2D eigenvalue weighted by molar-refractivity contribution is 0.211. The fourth-order valence-electron chi connectivity index (χ4n) is 2.06. The van der Waals surface area contributed by atoms with Crippen LogP contribution in [0, 0.1) is 5.41 Å². The Morgan fingerprint density at radius 1 is 1.33 bits per heavy atom. The molecule has 1 saturated carbocycles. The molecule has 2 atom stereocenters. The monoisotopic (exact) mass is 245 g/mol. The first-order chi connectivity index (χ1) is 7.11. The van der Waals surface area contributed by atoms with E-state index < -0.39 is 0 Å². The van der Waals surface area contributed by atoms with Crippen molar-refractivity contribution in [3.8, 4) is 0 Å². The number of rotatable bonds is 3. The molecular weight excluding hydrogens is 233 g/mol. The third-order valence-electron chi connectivity index (χ3n) is 3.20. The van der Waals surface area contributed by atoms with Gasteiger partial charge in [-0.3, -0.25) is 0 Å². The molecule has 0 heterocycles. The van der Waals surface area contributed by atoms with Crippen molar-refractivity contribution in [2.24, 2.45) is 11.1 Å². The summed E-state index contributed by atoms with van der Waals surface area (Å²) in [7, 11) is 0. The molecule has 3 N–H and O–H groups in total. The van der Waals surface area contributed by atoms with Gasteiger partial charge in [0.1, 0.15) is 0 Å². The smallest absolute Gasteiger partial charge is 0.0505 e. The highest BCUT2D eigenvalue weighted by Gasteiger charge is 2.53. The number of aliphatic hydroxyl groups excluding tert-OH is 1. The quantitative estimate of drug-likeness (QED) is 0.860. The zero-order chi connectivity index (χ0) is 11.1. The summed E-state index contributed by atoms with van der Waals surface area (Å²) in [6.45, 7) is 0.622. The van der Waals surface area contributed by atoms with Gasteiger partial charge in [0.05, 0.1) is 6.61 Å². The molecule has 0 bridgehead atoms. The maximum atomic E-state index is 9.28. The van der Waals surface area contributed by atoms with E-state index in [1.54, 1.807) is 6.07 Å². The van der Waals surface area contributed by atoms with Gasteiger partial charge in [-0.05, 0) is 36.1 Å². The SMILES string of the molecule is NC[C@@]1(CO)C[C@H]1c1cc(Cl)cc(Cl)c1. The Kier molecular flexibility index (Phi) is 2.95. The Balaban J connectivity index is 2.26. The van der Waals surface area contributed by atoms with Gasteiger partial charge >= 0.3 is 0 Å². The van der Waals surface area contributed by atoms with Crippen molar-refractivity contribution in [3.05, 3.63) is 33.8 Å². The van der Waals surface area contributed by atoms with Gasteiger partial charge in [-0.2, -0.15) is 0 Å². The van der Waals surface area contributed by atoms with E-state index in [1.165, 1.54) is 0 Å². The molecule has 0 unspecified atom stereocenters. The number of hydrogen-bond donors (Lipinski definition) is 2. The predicted molar refractivity (Wildman–Crippen MR) is 62.4 cm³/mol. The largest absolute Gasteiger partial charge is 0.396 e. The molecule has 1 aliphatic rings. The van der Waals surface area contributed by atoms with Gasteiger partial charge in [-0.1, -0.05) is 23.2 Å². The van der Waals surface area contributed by atoms with Crippen molar-refractivity contribution >= 4 is 23.2 Å². The van der Waals surface area contributed by atoms with Crippen molar-refractivity contribution in [1.29, 1.82) is 0 Å². The van der Waals surface area contributed by atoms with Crippen molar-refractivity contribution in [3.63, 3.8) is 0 Å². The zero-order valence-corrected chi connectivity index (χ0v) is 9.72. The van der Waals surface area contributed by atoms with Gasteiger partial charge in [0.15, 0.2) is 0 Å². The summed E-state index contributed by atoms with van der Waals surface area (Å²) in [6, 6.07) is 5.49. The van der Waals surface area contributed by atoms with E-state index >= 15 is 0 Å². The normalized spacial score (nSPS) is 29.2. The van der Waals surface area contributed by atoms with Gasteiger partial charge in [0, 0.05) is 22.0 Å². The van der Waals surface area contributed by atoms with Crippen LogP contribution >= 0.6 is 23.2 Å². The zero-order valence-electron chi connectivity index (χ0n) is 8.21. The molecule has 1 aromatic rings. The Hall–Kier alpha value is -0.280. The Labute approximate surface area is 99.0 Å². The second-order valence-electron chi connectivity index (χ2n) is 4.18. The molecule has 0 radical (unpaired) electrons. The Morgan fingerprint density at radius 3 is 2.33 bits per heavy atom. The summed E-state index contributed by atoms with van der Waals surface area (Å²) in [4.78, 5) is 0. The lowest BCUT2D eigenvalue weighted by Crippen LogP contribution is -2.21. The molecule has 82 valence electrons. The summed E-state index contributed by atoms with van der Waals surface area (Å²) in [5.74, 6) is 0.295. The molecule has 1 aromatic carbocycles. The molecule has 1 aliphatic carbocycles. The van der Waals surface area contributed by atoms with E-state index in [4.69, 9.17) is 28.9 Å². The maximum absolute atomic E-state index is 9.28.